The molecule has 0 unspecified atom stereocenters. The minimum Gasteiger partial charge on any atom is -0.238 e. The Morgan fingerprint density at radius 3 is 1.92 bits per heavy atom. The van der Waals surface area contributed by atoms with Gasteiger partial charge >= 0.3 is 12.4 Å². The number of hydrogen-bond donors (Lipinski definition) is 0. The largest absolute Gasteiger partial charge is 0.416 e. The van der Waals surface area contributed by atoms with E-state index in [1.807, 2.05) is 0 Å². The van der Waals surface area contributed by atoms with E-state index in [9.17, 15) is 26.3 Å². The summed E-state index contributed by atoms with van der Waals surface area (Å²) in [7, 11) is 0. The lowest BCUT2D eigenvalue weighted by molar-refractivity contribution is -0.138. The molecule has 2 rings (SSSR count). The summed E-state index contributed by atoms with van der Waals surface area (Å²) in [5.74, 6) is 0. The fourth-order valence-electron chi connectivity index (χ4n) is 2.26. The van der Waals surface area contributed by atoms with Crippen molar-refractivity contribution in [2.45, 2.75) is 25.2 Å². The first kappa shape index (κ1) is 17.9. The van der Waals surface area contributed by atoms with Crippen LogP contribution in [0, 0.1) is 6.57 Å². The van der Waals surface area contributed by atoms with E-state index >= 15 is 0 Å². The molecule has 0 N–H and O–H groups in total. The lowest BCUT2D eigenvalue weighted by atomic mass is 9.98. The second kappa shape index (κ2) is 6.56. The Labute approximate surface area is 134 Å². The topological polar surface area (TPSA) is 4.36 Å². The summed E-state index contributed by atoms with van der Waals surface area (Å²) in [6, 6.07) is 7.64. The molecule has 0 amide bonds. The van der Waals surface area contributed by atoms with Crippen molar-refractivity contribution in [2.75, 3.05) is 0 Å². The third-order valence-corrected chi connectivity index (χ3v) is 3.49. The van der Waals surface area contributed by atoms with Crippen molar-refractivity contribution in [1.29, 1.82) is 0 Å². The summed E-state index contributed by atoms with van der Waals surface area (Å²) in [4.78, 5) is 2.98. The fraction of sp³-hybridized carbons (Fsp3) is 0.235. The van der Waals surface area contributed by atoms with Gasteiger partial charge in [-0.25, -0.2) is 4.85 Å². The molecule has 1 nitrogen and oxygen atoms in total. The average Bonchev–Trinajstić information content (AvgIpc) is 2.51. The van der Waals surface area contributed by atoms with E-state index in [1.54, 1.807) is 0 Å². The standard InChI is InChI=1S/C17H11F6N/c1-24-14-9-6-12(15(10-14)17(21,22)23)5-2-11-3-7-13(8-4-11)16(18,19)20/h3-4,6-10H,2,5H2. The number of benzene rings is 2. The number of alkyl halides is 6. The molecule has 126 valence electrons. The van der Waals surface area contributed by atoms with E-state index < -0.39 is 23.5 Å². The van der Waals surface area contributed by atoms with Crippen LogP contribution >= 0.6 is 0 Å². The van der Waals surface area contributed by atoms with Crippen LogP contribution in [-0.4, -0.2) is 0 Å². The molecular weight excluding hydrogens is 332 g/mol. The summed E-state index contributed by atoms with van der Waals surface area (Å²) < 4.78 is 76.6. The molecule has 0 saturated heterocycles. The van der Waals surface area contributed by atoms with Gasteiger partial charge in [0.15, 0.2) is 5.69 Å². The lowest BCUT2D eigenvalue weighted by Crippen LogP contribution is -2.10. The normalized spacial score (nSPS) is 12.0. The van der Waals surface area contributed by atoms with E-state index in [-0.39, 0.29) is 24.1 Å². The number of rotatable bonds is 3. The highest BCUT2D eigenvalue weighted by molar-refractivity contribution is 5.50. The Bertz CT molecular complexity index is 751. The van der Waals surface area contributed by atoms with Crippen LogP contribution < -0.4 is 0 Å². The minimum absolute atomic E-state index is 0.00907. The molecule has 0 aliphatic heterocycles. The maximum absolute atomic E-state index is 13.0. The maximum atomic E-state index is 13.0. The van der Waals surface area contributed by atoms with Gasteiger partial charge in [0.05, 0.1) is 12.1 Å². The Kier molecular flexibility index (Phi) is 4.88. The molecule has 0 aliphatic carbocycles. The highest BCUT2D eigenvalue weighted by atomic mass is 19.4. The van der Waals surface area contributed by atoms with Gasteiger partial charge in [0.2, 0.25) is 0 Å². The first-order valence-electron chi connectivity index (χ1n) is 6.85. The molecule has 0 atom stereocenters. The first-order valence-corrected chi connectivity index (χ1v) is 6.85. The molecule has 0 heterocycles. The molecule has 0 aliphatic rings. The molecule has 2 aromatic carbocycles. The summed E-state index contributed by atoms with van der Waals surface area (Å²) in [6.07, 6.45) is -8.86. The summed E-state index contributed by atoms with van der Waals surface area (Å²) in [5, 5.41) is 0. The predicted molar refractivity (Wildman–Crippen MR) is 76.6 cm³/mol. The molecule has 0 radical (unpaired) electrons. The monoisotopic (exact) mass is 343 g/mol. The van der Waals surface area contributed by atoms with Gasteiger partial charge in [0, 0.05) is 5.56 Å². The van der Waals surface area contributed by atoms with Crippen molar-refractivity contribution < 1.29 is 26.3 Å². The molecule has 0 fully saturated rings. The highest BCUT2D eigenvalue weighted by Crippen LogP contribution is 2.35. The van der Waals surface area contributed by atoms with Gasteiger partial charge in [-0.15, -0.1) is 0 Å². The zero-order valence-corrected chi connectivity index (χ0v) is 12.2. The Hall–Kier alpha value is -2.49. The fourth-order valence-corrected chi connectivity index (χ4v) is 2.26. The van der Waals surface area contributed by atoms with Crippen LogP contribution in [0.5, 0.6) is 0 Å². The van der Waals surface area contributed by atoms with Gasteiger partial charge in [-0.05, 0) is 42.2 Å². The van der Waals surface area contributed by atoms with Crippen molar-refractivity contribution in [2.24, 2.45) is 0 Å². The third-order valence-electron chi connectivity index (χ3n) is 3.49. The summed E-state index contributed by atoms with van der Waals surface area (Å²) in [6.45, 7) is 6.79. The van der Waals surface area contributed by atoms with E-state index in [4.69, 9.17) is 6.57 Å². The van der Waals surface area contributed by atoms with E-state index in [0.717, 1.165) is 18.2 Å². The minimum atomic E-state index is -4.59. The first-order chi connectivity index (χ1) is 11.1. The van der Waals surface area contributed by atoms with Gasteiger partial charge < -0.3 is 0 Å². The van der Waals surface area contributed by atoms with Crippen molar-refractivity contribution in [3.8, 4) is 0 Å². The third kappa shape index (κ3) is 4.28. The number of halogens is 6. The molecule has 7 heteroatoms. The van der Waals surface area contributed by atoms with Crippen molar-refractivity contribution in [3.05, 3.63) is 76.1 Å². The van der Waals surface area contributed by atoms with Gasteiger partial charge in [-0.1, -0.05) is 24.3 Å². The van der Waals surface area contributed by atoms with Gasteiger partial charge in [0.25, 0.3) is 0 Å². The van der Waals surface area contributed by atoms with Crippen LogP contribution in [0.25, 0.3) is 4.85 Å². The van der Waals surface area contributed by atoms with Crippen LogP contribution in [-0.2, 0) is 25.2 Å². The second-order valence-corrected chi connectivity index (χ2v) is 5.15. The van der Waals surface area contributed by atoms with Gasteiger partial charge in [-0.2, -0.15) is 26.3 Å². The maximum Gasteiger partial charge on any atom is 0.416 e. The highest BCUT2D eigenvalue weighted by Gasteiger charge is 2.33. The predicted octanol–water partition coefficient (Wildman–Crippen LogP) is 6.06. The van der Waals surface area contributed by atoms with Crippen LogP contribution in [0.3, 0.4) is 0 Å². The Morgan fingerprint density at radius 1 is 0.792 bits per heavy atom. The van der Waals surface area contributed by atoms with Crippen LogP contribution in [0.2, 0.25) is 0 Å². The van der Waals surface area contributed by atoms with E-state index in [2.05, 4.69) is 4.85 Å². The van der Waals surface area contributed by atoms with Crippen LogP contribution in [0.1, 0.15) is 22.3 Å². The smallest absolute Gasteiger partial charge is 0.238 e. The van der Waals surface area contributed by atoms with Gasteiger partial charge in [0.1, 0.15) is 0 Å². The lowest BCUT2D eigenvalue weighted by Gasteiger charge is -2.14. The Morgan fingerprint density at radius 2 is 1.42 bits per heavy atom. The van der Waals surface area contributed by atoms with Gasteiger partial charge in [-0.3, -0.25) is 0 Å². The number of hydrogen-bond acceptors (Lipinski definition) is 0. The quantitative estimate of drug-likeness (QED) is 0.471. The zero-order chi connectivity index (χ0) is 18.0. The van der Waals surface area contributed by atoms with Crippen molar-refractivity contribution in [3.63, 3.8) is 0 Å². The van der Waals surface area contributed by atoms with Crippen LogP contribution in [0.4, 0.5) is 32.0 Å². The molecular formula is C17H11F6N. The molecule has 0 saturated carbocycles. The molecule has 0 bridgehead atoms. The van der Waals surface area contributed by atoms with E-state index in [0.29, 0.717) is 5.56 Å². The number of aryl methyl sites for hydroxylation is 2. The average molecular weight is 343 g/mol. The van der Waals surface area contributed by atoms with Crippen molar-refractivity contribution in [1.82, 2.24) is 0 Å². The summed E-state index contributed by atoms with van der Waals surface area (Å²) >= 11 is 0. The van der Waals surface area contributed by atoms with Crippen molar-refractivity contribution >= 4 is 5.69 Å². The van der Waals surface area contributed by atoms with Crippen LogP contribution in [0.15, 0.2) is 42.5 Å². The van der Waals surface area contributed by atoms with E-state index in [1.165, 1.54) is 24.3 Å². The zero-order valence-electron chi connectivity index (χ0n) is 12.2. The SMILES string of the molecule is [C-]#[N+]c1ccc(CCc2ccc(C(F)(F)F)cc2)c(C(F)(F)F)c1. The molecule has 2 aromatic rings. The molecule has 24 heavy (non-hydrogen) atoms. The number of nitrogens with zero attached hydrogens (tertiary/aromatic N) is 1. The summed E-state index contributed by atoms with van der Waals surface area (Å²) in [5.41, 5.74) is -1.28. The molecule has 0 spiro atoms. The Balaban J connectivity index is 2.19. The second-order valence-electron chi connectivity index (χ2n) is 5.15. The molecule has 0 aromatic heterocycles.